The molecule has 1 aliphatic heterocycles. The van der Waals surface area contributed by atoms with Crippen LogP contribution in [0.4, 0.5) is 11.6 Å². The lowest BCUT2D eigenvalue weighted by Gasteiger charge is -2.27. The molecule has 0 amide bonds. The molecule has 18 heavy (non-hydrogen) atoms. The van der Waals surface area contributed by atoms with Gasteiger partial charge in [-0.05, 0) is 31.8 Å². The molecule has 2 heterocycles. The molecule has 7 nitrogen and oxygen atoms in total. The number of aromatic nitrogens is 2. The van der Waals surface area contributed by atoms with Crippen molar-refractivity contribution in [1.29, 1.82) is 0 Å². The fourth-order valence-corrected chi connectivity index (χ4v) is 2.15. The smallest absolute Gasteiger partial charge is 0.305 e. The SMILES string of the molecule is CN(CC1CCCNC1)c1ncc([N+](=O)[O-])cn1. The van der Waals surface area contributed by atoms with Gasteiger partial charge in [-0.15, -0.1) is 0 Å². The molecule has 98 valence electrons. The minimum atomic E-state index is -0.491. The Morgan fingerprint density at radius 3 is 2.83 bits per heavy atom. The van der Waals surface area contributed by atoms with E-state index in [0.29, 0.717) is 11.9 Å². The number of nitrogens with zero attached hydrogens (tertiary/aromatic N) is 4. The van der Waals surface area contributed by atoms with E-state index in [-0.39, 0.29) is 5.69 Å². The van der Waals surface area contributed by atoms with E-state index in [1.54, 1.807) is 0 Å². The van der Waals surface area contributed by atoms with Crippen LogP contribution in [0.1, 0.15) is 12.8 Å². The molecular formula is C11H17N5O2. The Labute approximate surface area is 105 Å². The summed E-state index contributed by atoms with van der Waals surface area (Å²) in [4.78, 5) is 20.0. The van der Waals surface area contributed by atoms with Gasteiger partial charge in [-0.1, -0.05) is 0 Å². The van der Waals surface area contributed by atoms with Crippen molar-refractivity contribution in [2.45, 2.75) is 12.8 Å². The molecule has 1 aromatic heterocycles. The first-order valence-corrected chi connectivity index (χ1v) is 6.05. The van der Waals surface area contributed by atoms with Crippen LogP contribution in [0, 0.1) is 16.0 Å². The van der Waals surface area contributed by atoms with E-state index < -0.39 is 4.92 Å². The Bertz CT molecular complexity index is 402. The predicted octanol–water partition coefficient (Wildman–Crippen LogP) is 0.821. The summed E-state index contributed by atoms with van der Waals surface area (Å²) < 4.78 is 0. The summed E-state index contributed by atoms with van der Waals surface area (Å²) in [5, 5.41) is 13.9. The molecule has 1 unspecified atom stereocenters. The first-order valence-electron chi connectivity index (χ1n) is 6.05. The van der Waals surface area contributed by atoms with Crippen LogP contribution in [0.5, 0.6) is 0 Å². The molecular weight excluding hydrogens is 234 g/mol. The third-order valence-electron chi connectivity index (χ3n) is 3.11. The van der Waals surface area contributed by atoms with Gasteiger partial charge in [0.1, 0.15) is 12.4 Å². The van der Waals surface area contributed by atoms with Crippen molar-refractivity contribution < 1.29 is 4.92 Å². The number of anilines is 1. The van der Waals surface area contributed by atoms with Gasteiger partial charge in [-0.3, -0.25) is 10.1 Å². The molecule has 7 heteroatoms. The lowest BCUT2D eigenvalue weighted by Crippen LogP contribution is -2.37. The maximum Gasteiger partial charge on any atom is 0.305 e. The summed E-state index contributed by atoms with van der Waals surface area (Å²) in [5.74, 6) is 1.12. The fourth-order valence-electron chi connectivity index (χ4n) is 2.15. The molecule has 1 aliphatic rings. The molecule has 1 aromatic rings. The van der Waals surface area contributed by atoms with Gasteiger partial charge in [0.05, 0.1) is 4.92 Å². The lowest BCUT2D eigenvalue weighted by molar-refractivity contribution is -0.385. The maximum atomic E-state index is 10.5. The number of nitro groups is 1. The number of piperidine rings is 1. The molecule has 0 radical (unpaired) electrons. The molecule has 1 N–H and O–H groups in total. The topological polar surface area (TPSA) is 84.2 Å². The van der Waals surface area contributed by atoms with Crippen LogP contribution in [-0.2, 0) is 0 Å². The summed E-state index contributed by atoms with van der Waals surface area (Å²) in [6.07, 6.45) is 4.89. The highest BCUT2D eigenvalue weighted by Gasteiger charge is 2.17. The fraction of sp³-hybridized carbons (Fsp3) is 0.636. The molecule has 1 fully saturated rings. The maximum absolute atomic E-state index is 10.5. The van der Waals surface area contributed by atoms with E-state index in [1.165, 1.54) is 25.2 Å². The first kappa shape index (κ1) is 12.7. The van der Waals surface area contributed by atoms with Crippen molar-refractivity contribution in [2.24, 2.45) is 5.92 Å². The number of rotatable bonds is 4. The zero-order valence-electron chi connectivity index (χ0n) is 10.4. The van der Waals surface area contributed by atoms with Gasteiger partial charge in [-0.2, -0.15) is 0 Å². The van der Waals surface area contributed by atoms with Gasteiger partial charge in [0.25, 0.3) is 0 Å². The Hall–Kier alpha value is -1.76. The van der Waals surface area contributed by atoms with Crippen LogP contribution in [-0.4, -0.2) is 41.6 Å². The summed E-state index contributed by atoms with van der Waals surface area (Å²) in [6, 6.07) is 0. The van der Waals surface area contributed by atoms with Crippen molar-refractivity contribution in [3.63, 3.8) is 0 Å². The quantitative estimate of drug-likeness (QED) is 0.630. The van der Waals surface area contributed by atoms with Crippen molar-refractivity contribution in [2.75, 3.05) is 31.6 Å². The van der Waals surface area contributed by atoms with E-state index in [9.17, 15) is 10.1 Å². The largest absolute Gasteiger partial charge is 0.344 e. The van der Waals surface area contributed by atoms with Gasteiger partial charge < -0.3 is 10.2 Å². The standard InChI is InChI=1S/C11H17N5O2/c1-15(8-9-3-2-4-12-5-9)11-13-6-10(7-14-11)16(17)18/h6-7,9,12H,2-5,8H2,1H3. The van der Waals surface area contributed by atoms with Crippen LogP contribution >= 0.6 is 0 Å². The average Bonchev–Trinajstić information content (AvgIpc) is 2.40. The average molecular weight is 251 g/mol. The van der Waals surface area contributed by atoms with E-state index in [4.69, 9.17) is 0 Å². The third kappa shape index (κ3) is 3.13. The monoisotopic (exact) mass is 251 g/mol. The Morgan fingerprint density at radius 2 is 2.28 bits per heavy atom. The number of nitrogens with one attached hydrogen (secondary N) is 1. The molecule has 2 rings (SSSR count). The second-order valence-electron chi connectivity index (χ2n) is 4.59. The van der Waals surface area contributed by atoms with Crippen LogP contribution in [0.2, 0.25) is 0 Å². The second kappa shape index (κ2) is 5.72. The van der Waals surface area contributed by atoms with E-state index in [1.807, 2.05) is 11.9 Å². The van der Waals surface area contributed by atoms with Gasteiger partial charge in [0, 0.05) is 13.6 Å². The third-order valence-corrected chi connectivity index (χ3v) is 3.11. The zero-order valence-corrected chi connectivity index (χ0v) is 10.4. The summed E-state index contributed by atoms with van der Waals surface area (Å²) in [6.45, 7) is 2.97. The normalized spacial score (nSPS) is 19.5. The van der Waals surface area contributed by atoms with Crippen LogP contribution in [0.15, 0.2) is 12.4 Å². The highest BCUT2D eigenvalue weighted by atomic mass is 16.6. The summed E-state index contributed by atoms with van der Waals surface area (Å²) in [7, 11) is 1.91. The minimum absolute atomic E-state index is 0.0773. The van der Waals surface area contributed by atoms with Gasteiger partial charge >= 0.3 is 5.69 Å². The summed E-state index contributed by atoms with van der Waals surface area (Å²) in [5.41, 5.74) is -0.0773. The molecule has 0 saturated carbocycles. The van der Waals surface area contributed by atoms with Gasteiger partial charge in [0.15, 0.2) is 0 Å². The predicted molar refractivity (Wildman–Crippen MR) is 67.6 cm³/mol. The highest BCUT2D eigenvalue weighted by molar-refractivity contribution is 5.32. The lowest BCUT2D eigenvalue weighted by atomic mass is 9.99. The molecule has 0 aliphatic carbocycles. The molecule has 1 atom stereocenters. The van der Waals surface area contributed by atoms with Crippen molar-refractivity contribution >= 4 is 11.6 Å². The van der Waals surface area contributed by atoms with Gasteiger partial charge in [-0.25, -0.2) is 9.97 Å². The minimum Gasteiger partial charge on any atom is -0.344 e. The molecule has 0 aromatic carbocycles. The Balaban J connectivity index is 1.95. The second-order valence-corrected chi connectivity index (χ2v) is 4.59. The summed E-state index contributed by atoms with van der Waals surface area (Å²) >= 11 is 0. The molecule has 0 spiro atoms. The number of hydrogen-bond donors (Lipinski definition) is 1. The highest BCUT2D eigenvalue weighted by Crippen LogP contribution is 2.15. The van der Waals surface area contributed by atoms with Crippen molar-refractivity contribution in [3.8, 4) is 0 Å². The van der Waals surface area contributed by atoms with Crippen LogP contribution in [0.3, 0.4) is 0 Å². The van der Waals surface area contributed by atoms with Crippen molar-refractivity contribution in [1.82, 2.24) is 15.3 Å². The van der Waals surface area contributed by atoms with Crippen LogP contribution < -0.4 is 10.2 Å². The van der Waals surface area contributed by atoms with Crippen molar-refractivity contribution in [3.05, 3.63) is 22.5 Å². The Kier molecular flexibility index (Phi) is 4.03. The molecule has 0 bridgehead atoms. The first-order chi connectivity index (χ1) is 8.66. The zero-order chi connectivity index (χ0) is 13.0. The van der Waals surface area contributed by atoms with E-state index in [0.717, 1.165) is 19.6 Å². The van der Waals surface area contributed by atoms with E-state index >= 15 is 0 Å². The van der Waals surface area contributed by atoms with E-state index in [2.05, 4.69) is 15.3 Å². The molecule has 1 saturated heterocycles. The number of hydrogen-bond acceptors (Lipinski definition) is 6. The Morgan fingerprint density at radius 1 is 1.56 bits per heavy atom. The van der Waals surface area contributed by atoms with Crippen LogP contribution in [0.25, 0.3) is 0 Å². The van der Waals surface area contributed by atoms with Gasteiger partial charge in [0.2, 0.25) is 5.95 Å².